The molecule has 0 heterocycles. The number of fused-ring (bicyclic) bond motifs is 3. The van der Waals surface area contributed by atoms with Crippen molar-refractivity contribution in [1.82, 2.24) is 4.72 Å². The SMILES string of the molecule is Cc1ccc(S(=O)(=O)N/C(=C2\C(=O)[C@@H]3[C@@H](c4ccc(C)cc4[C@@H]3CC(=O)c3ccccc3)[C@H]2c2ccccc2)c2ccccc2)cc1. The van der Waals surface area contributed by atoms with Gasteiger partial charge in [0.2, 0.25) is 0 Å². The van der Waals surface area contributed by atoms with Gasteiger partial charge in [0.1, 0.15) is 0 Å². The minimum atomic E-state index is -4.06. The molecular formula is C41H35NO4S. The molecule has 1 fully saturated rings. The number of rotatable bonds is 8. The lowest BCUT2D eigenvalue weighted by Gasteiger charge is -2.24. The molecule has 0 bridgehead atoms. The van der Waals surface area contributed by atoms with Gasteiger partial charge in [0.25, 0.3) is 10.0 Å². The van der Waals surface area contributed by atoms with Crippen molar-refractivity contribution in [2.45, 2.75) is 42.9 Å². The van der Waals surface area contributed by atoms with Crippen molar-refractivity contribution in [3.8, 4) is 0 Å². The summed E-state index contributed by atoms with van der Waals surface area (Å²) in [5.41, 5.74) is 6.92. The zero-order chi connectivity index (χ0) is 32.7. The monoisotopic (exact) mass is 637 g/mol. The highest BCUT2D eigenvalue weighted by Crippen LogP contribution is 2.62. The number of hydrogen-bond acceptors (Lipinski definition) is 4. The highest BCUT2D eigenvalue weighted by atomic mass is 32.2. The summed E-state index contributed by atoms with van der Waals surface area (Å²) in [5.74, 6) is -1.76. The van der Waals surface area contributed by atoms with E-state index < -0.39 is 21.9 Å². The fraction of sp³-hybridized carbons (Fsp3) is 0.171. The zero-order valence-electron chi connectivity index (χ0n) is 26.3. The molecule has 47 heavy (non-hydrogen) atoms. The molecule has 0 radical (unpaired) electrons. The van der Waals surface area contributed by atoms with Gasteiger partial charge in [-0.3, -0.25) is 14.3 Å². The van der Waals surface area contributed by atoms with Crippen LogP contribution in [0.3, 0.4) is 0 Å². The van der Waals surface area contributed by atoms with Crippen molar-refractivity contribution < 1.29 is 18.0 Å². The van der Waals surface area contributed by atoms with Crippen molar-refractivity contribution >= 4 is 27.3 Å². The van der Waals surface area contributed by atoms with Gasteiger partial charge in [0.05, 0.1) is 10.6 Å². The molecule has 0 spiro atoms. The number of sulfonamides is 1. The van der Waals surface area contributed by atoms with Crippen molar-refractivity contribution in [2.75, 3.05) is 0 Å². The molecule has 2 aliphatic carbocycles. The molecule has 0 aromatic heterocycles. The first kappa shape index (κ1) is 30.6. The highest BCUT2D eigenvalue weighted by molar-refractivity contribution is 7.89. The smallest absolute Gasteiger partial charge is 0.261 e. The largest absolute Gasteiger partial charge is 0.294 e. The summed E-state index contributed by atoms with van der Waals surface area (Å²) in [4.78, 5) is 29.0. The lowest BCUT2D eigenvalue weighted by Crippen LogP contribution is -2.26. The van der Waals surface area contributed by atoms with Gasteiger partial charge in [-0.2, -0.15) is 0 Å². The molecule has 2 aliphatic rings. The topological polar surface area (TPSA) is 80.3 Å². The fourth-order valence-corrected chi connectivity index (χ4v) is 8.59. The van der Waals surface area contributed by atoms with Crippen LogP contribution >= 0.6 is 0 Å². The number of hydrogen-bond donors (Lipinski definition) is 1. The van der Waals surface area contributed by atoms with Gasteiger partial charge >= 0.3 is 0 Å². The number of carbonyl (C=O) groups is 2. The maximum atomic E-state index is 15.1. The normalized spacial score (nSPS) is 21.2. The number of allylic oxidation sites excluding steroid dienone is 1. The quantitative estimate of drug-likeness (QED) is 0.138. The number of Topliss-reactive ketones (excluding diaryl/α,β-unsaturated/α-hetero) is 2. The van der Waals surface area contributed by atoms with E-state index in [1.54, 1.807) is 24.3 Å². The molecule has 5 nitrogen and oxygen atoms in total. The Morgan fingerprint density at radius 3 is 1.87 bits per heavy atom. The third-order valence-corrected chi connectivity index (χ3v) is 11.0. The number of ketones is 2. The Labute approximate surface area is 276 Å². The second-order valence-corrected chi connectivity index (χ2v) is 14.3. The Hall–Kier alpha value is -5.07. The van der Waals surface area contributed by atoms with Gasteiger partial charge < -0.3 is 0 Å². The van der Waals surface area contributed by atoms with Crippen LogP contribution in [0.4, 0.5) is 0 Å². The lowest BCUT2D eigenvalue weighted by molar-refractivity contribution is -0.118. The van der Waals surface area contributed by atoms with Gasteiger partial charge in [-0.05, 0) is 48.2 Å². The highest BCUT2D eigenvalue weighted by Gasteiger charge is 2.57. The second-order valence-electron chi connectivity index (χ2n) is 12.6. The number of benzene rings is 5. The van der Waals surface area contributed by atoms with Gasteiger partial charge in [-0.1, -0.05) is 132 Å². The second kappa shape index (κ2) is 12.3. The first-order valence-electron chi connectivity index (χ1n) is 15.9. The predicted molar refractivity (Wildman–Crippen MR) is 185 cm³/mol. The molecule has 0 unspecified atom stereocenters. The Kier molecular flexibility index (Phi) is 7.98. The predicted octanol–water partition coefficient (Wildman–Crippen LogP) is 8.13. The van der Waals surface area contributed by atoms with E-state index in [4.69, 9.17) is 0 Å². The van der Waals surface area contributed by atoms with Crippen LogP contribution in [0.5, 0.6) is 0 Å². The Balaban J connectivity index is 1.45. The fourth-order valence-electron chi connectivity index (χ4n) is 7.48. The van der Waals surface area contributed by atoms with E-state index in [-0.39, 0.29) is 40.4 Å². The molecule has 0 saturated heterocycles. The maximum Gasteiger partial charge on any atom is 0.261 e. The Bertz CT molecular complexity index is 2110. The average Bonchev–Trinajstić information content (AvgIpc) is 3.56. The first-order chi connectivity index (χ1) is 22.7. The average molecular weight is 638 g/mol. The van der Waals surface area contributed by atoms with E-state index in [1.807, 2.05) is 105 Å². The van der Waals surface area contributed by atoms with Crippen LogP contribution in [-0.4, -0.2) is 20.0 Å². The van der Waals surface area contributed by atoms with E-state index in [2.05, 4.69) is 22.9 Å². The number of carbonyl (C=O) groups excluding carboxylic acids is 2. The summed E-state index contributed by atoms with van der Waals surface area (Å²) in [6.07, 6.45) is 0.178. The van der Waals surface area contributed by atoms with E-state index in [1.165, 1.54) is 0 Å². The zero-order valence-corrected chi connectivity index (χ0v) is 27.1. The van der Waals surface area contributed by atoms with E-state index in [0.717, 1.165) is 27.8 Å². The number of aryl methyl sites for hydroxylation is 2. The van der Waals surface area contributed by atoms with Crippen molar-refractivity contribution in [2.24, 2.45) is 5.92 Å². The standard InChI is InChI=1S/C41H35NO4S/c1-26-18-21-31(22-19-26)47(45,46)42-40(30-16-10-5-11-17-30)39-36(29-14-8-4-9-15-29)37-32-23-20-27(2)24-33(32)34(38(37)41(39)44)25-35(43)28-12-6-3-7-13-28/h3-24,34,36-38,42H,25H2,1-2H3/b40-39-/t34-,36+,37-,38-/m0/s1. The molecule has 5 aromatic rings. The molecule has 6 heteroatoms. The van der Waals surface area contributed by atoms with Crippen LogP contribution in [0.15, 0.2) is 144 Å². The molecule has 0 aliphatic heterocycles. The summed E-state index contributed by atoms with van der Waals surface area (Å²) in [7, 11) is -4.06. The van der Waals surface area contributed by atoms with Crippen LogP contribution in [0, 0.1) is 19.8 Å². The van der Waals surface area contributed by atoms with Crippen LogP contribution in [0.25, 0.3) is 5.70 Å². The molecule has 234 valence electrons. The molecule has 1 N–H and O–H groups in total. The minimum absolute atomic E-state index is 0.0199. The van der Waals surface area contributed by atoms with Crippen LogP contribution in [-0.2, 0) is 14.8 Å². The molecule has 5 aromatic carbocycles. The van der Waals surface area contributed by atoms with Gasteiger partial charge in [0, 0.05) is 41.2 Å². The summed E-state index contributed by atoms with van der Waals surface area (Å²) < 4.78 is 30.8. The van der Waals surface area contributed by atoms with Crippen molar-refractivity contribution in [3.63, 3.8) is 0 Å². The first-order valence-corrected chi connectivity index (χ1v) is 17.4. The summed E-state index contributed by atoms with van der Waals surface area (Å²) in [6.45, 7) is 3.93. The lowest BCUT2D eigenvalue weighted by atomic mass is 9.80. The molecular weight excluding hydrogens is 603 g/mol. The maximum absolute atomic E-state index is 15.1. The molecule has 4 atom stereocenters. The summed E-state index contributed by atoms with van der Waals surface area (Å²) in [6, 6.07) is 41.2. The van der Waals surface area contributed by atoms with Crippen LogP contribution < -0.4 is 4.72 Å². The Morgan fingerprint density at radius 2 is 1.23 bits per heavy atom. The van der Waals surface area contributed by atoms with Crippen LogP contribution in [0.2, 0.25) is 0 Å². The van der Waals surface area contributed by atoms with Gasteiger partial charge in [0.15, 0.2) is 11.6 Å². The van der Waals surface area contributed by atoms with Crippen LogP contribution in [0.1, 0.15) is 67.9 Å². The van der Waals surface area contributed by atoms with Gasteiger partial charge in [-0.15, -0.1) is 0 Å². The molecule has 7 rings (SSSR count). The van der Waals surface area contributed by atoms with Gasteiger partial charge in [-0.25, -0.2) is 8.42 Å². The minimum Gasteiger partial charge on any atom is -0.294 e. The van der Waals surface area contributed by atoms with E-state index in [9.17, 15) is 13.2 Å². The van der Waals surface area contributed by atoms with E-state index >= 15 is 4.79 Å². The third kappa shape index (κ3) is 5.63. The molecule has 0 amide bonds. The summed E-state index contributed by atoms with van der Waals surface area (Å²) in [5, 5.41) is 0. The third-order valence-electron chi connectivity index (χ3n) is 9.62. The number of nitrogens with one attached hydrogen (secondary N) is 1. The van der Waals surface area contributed by atoms with E-state index in [0.29, 0.717) is 16.7 Å². The van der Waals surface area contributed by atoms with Crippen molar-refractivity contribution in [3.05, 3.63) is 178 Å². The van der Waals surface area contributed by atoms with Crippen molar-refractivity contribution in [1.29, 1.82) is 0 Å². The summed E-state index contributed by atoms with van der Waals surface area (Å²) >= 11 is 0. The Morgan fingerprint density at radius 1 is 0.660 bits per heavy atom. The molecule has 1 saturated carbocycles.